The molecule has 0 aliphatic heterocycles. The number of rotatable bonds is 3. The van der Waals surface area contributed by atoms with Crippen molar-refractivity contribution in [2.45, 2.75) is 6.92 Å². The smallest absolute Gasteiger partial charge is 0.344 e. The number of hydrogen-bond donors (Lipinski definition) is 1. The Morgan fingerprint density at radius 1 is 1.32 bits per heavy atom. The number of carbonyl (C=O) groups is 1. The van der Waals surface area contributed by atoms with Crippen LogP contribution >= 0.6 is 0 Å². The van der Waals surface area contributed by atoms with Crippen LogP contribution in [0.15, 0.2) is 36.7 Å². The first kappa shape index (κ1) is 13.1. The molecule has 0 unspecified atom stereocenters. The zero-order valence-corrected chi connectivity index (χ0v) is 10.0. The lowest BCUT2D eigenvalue weighted by molar-refractivity contribution is 0.0154. The van der Waals surface area contributed by atoms with Crippen molar-refractivity contribution in [3.05, 3.63) is 54.3 Å². The highest BCUT2D eigenvalue weighted by Gasteiger charge is 2.12. The minimum absolute atomic E-state index is 0.0913. The van der Waals surface area contributed by atoms with Crippen LogP contribution < -0.4 is 0 Å². The molecule has 1 N–H and O–H groups in total. The zero-order valence-electron chi connectivity index (χ0n) is 10.0. The van der Waals surface area contributed by atoms with E-state index >= 15 is 0 Å². The lowest BCUT2D eigenvalue weighted by atomic mass is 10.2. The van der Waals surface area contributed by atoms with Crippen LogP contribution in [-0.2, 0) is 4.74 Å². The maximum atomic E-state index is 13.0. The molecule has 0 saturated carbocycles. The number of halogens is 1. The normalized spacial score (nSPS) is 10.5. The summed E-state index contributed by atoms with van der Waals surface area (Å²) in [5.74, 6) is -0.860. The fourth-order valence-electron chi connectivity index (χ4n) is 1.40. The first-order valence-corrected chi connectivity index (χ1v) is 5.39. The number of esters is 1. The van der Waals surface area contributed by atoms with Gasteiger partial charge in [-0.3, -0.25) is 0 Å². The highest BCUT2D eigenvalue weighted by molar-refractivity contribution is 5.89. The van der Waals surface area contributed by atoms with Crippen LogP contribution in [0.2, 0.25) is 0 Å². The van der Waals surface area contributed by atoms with Crippen LogP contribution in [0.5, 0.6) is 0 Å². The minimum atomic E-state index is -0.759. The van der Waals surface area contributed by atoms with Crippen molar-refractivity contribution in [1.82, 2.24) is 9.97 Å². The number of aromatic nitrogens is 2. The topological polar surface area (TPSA) is 72.3 Å². The fourth-order valence-corrected chi connectivity index (χ4v) is 1.40. The molecule has 19 heavy (non-hydrogen) atoms. The van der Waals surface area contributed by atoms with E-state index in [0.717, 1.165) is 0 Å². The van der Waals surface area contributed by atoms with Crippen LogP contribution in [0, 0.1) is 12.1 Å². The van der Waals surface area contributed by atoms with E-state index in [1.54, 1.807) is 12.1 Å². The van der Waals surface area contributed by atoms with Crippen LogP contribution in [0.4, 0.5) is 4.39 Å². The van der Waals surface area contributed by atoms with Gasteiger partial charge in [0.1, 0.15) is 5.82 Å². The molecule has 97 valence electrons. The van der Waals surface area contributed by atoms with Gasteiger partial charge >= 0.3 is 5.97 Å². The predicted octanol–water partition coefficient (Wildman–Crippen LogP) is 2.32. The molecule has 1 aromatic heterocycles. The minimum Gasteiger partial charge on any atom is -0.423 e. The molecule has 2 aromatic rings. The van der Waals surface area contributed by atoms with Gasteiger partial charge in [0.25, 0.3) is 6.29 Å². The van der Waals surface area contributed by atoms with Gasteiger partial charge in [-0.2, -0.15) is 0 Å². The molecular weight excluding hydrogens is 251 g/mol. The van der Waals surface area contributed by atoms with Gasteiger partial charge in [-0.05, 0) is 12.1 Å². The number of benzene rings is 1. The molecule has 0 atom stereocenters. The summed E-state index contributed by atoms with van der Waals surface area (Å²) in [6.45, 7) is 1.24. The third-order valence-electron chi connectivity index (χ3n) is 2.21. The second-order valence-electron chi connectivity index (χ2n) is 3.71. The molecule has 0 spiro atoms. The third-order valence-corrected chi connectivity index (χ3v) is 2.21. The summed E-state index contributed by atoms with van der Waals surface area (Å²) < 4.78 is 17.5. The Labute approximate surface area is 108 Å². The Morgan fingerprint density at radius 3 is 2.58 bits per heavy atom. The quantitative estimate of drug-likeness (QED) is 0.858. The molecule has 6 heteroatoms. The Morgan fingerprint density at radius 2 is 2.00 bits per heavy atom. The Balaban J connectivity index is 2.21. The molecule has 5 nitrogen and oxygen atoms in total. The SMILES string of the molecule is C[C](O)OC(=O)c1cnc(-c2cccc(F)c2)nc1. The van der Waals surface area contributed by atoms with Crippen molar-refractivity contribution >= 4 is 5.97 Å². The van der Waals surface area contributed by atoms with E-state index in [-0.39, 0.29) is 5.56 Å². The van der Waals surface area contributed by atoms with Crippen molar-refractivity contribution in [3.63, 3.8) is 0 Å². The Kier molecular flexibility index (Phi) is 3.82. The summed E-state index contributed by atoms with van der Waals surface area (Å²) in [7, 11) is 0. The maximum Gasteiger partial charge on any atom is 0.344 e. The third kappa shape index (κ3) is 3.32. The molecule has 0 bridgehead atoms. The summed E-state index contributed by atoms with van der Waals surface area (Å²) in [6.07, 6.45) is 2.04. The van der Waals surface area contributed by atoms with E-state index in [9.17, 15) is 9.18 Å². The summed E-state index contributed by atoms with van der Waals surface area (Å²) in [4.78, 5) is 19.3. The summed E-state index contributed by atoms with van der Waals surface area (Å²) in [6, 6.07) is 5.80. The van der Waals surface area contributed by atoms with Gasteiger partial charge in [-0.15, -0.1) is 0 Å². The van der Waals surface area contributed by atoms with E-state index in [4.69, 9.17) is 5.11 Å². The monoisotopic (exact) mass is 261 g/mol. The van der Waals surface area contributed by atoms with Gasteiger partial charge in [-0.1, -0.05) is 12.1 Å². The van der Waals surface area contributed by atoms with E-state index < -0.39 is 18.1 Å². The molecular formula is C13H10FN2O3. The standard InChI is InChI=1S/C13H10FN2O3/c1-8(17)19-13(18)10-6-15-12(16-7-10)9-3-2-4-11(14)5-9/h2-7,17H,1H3. The summed E-state index contributed by atoms with van der Waals surface area (Å²) >= 11 is 0. The molecule has 1 radical (unpaired) electrons. The van der Waals surface area contributed by atoms with Crippen LogP contribution in [-0.4, -0.2) is 21.0 Å². The van der Waals surface area contributed by atoms with Crippen molar-refractivity contribution < 1.29 is 19.0 Å². The molecule has 1 aromatic carbocycles. The van der Waals surface area contributed by atoms with E-state index in [1.165, 1.54) is 31.5 Å². The van der Waals surface area contributed by atoms with Crippen LogP contribution in [0.3, 0.4) is 0 Å². The Bertz CT molecular complexity index is 585. The van der Waals surface area contributed by atoms with Crippen molar-refractivity contribution in [2.75, 3.05) is 0 Å². The van der Waals surface area contributed by atoms with Crippen molar-refractivity contribution in [2.24, 2.45) is 0 Å². The highest BCUT2D eigenvalue weighted by atomic mass is 19.1. The molecule has 0 fully saturated rings. The number of ether oxygens (including phenoxy) is 1. The highest BCUT2D eigenvalue weighted by Crippen LogP contribution is 2.15. The molecule has 0 aliphatic rings. The summed E-state index contributed by atoms with van der Waals surface area (Å²) in [5, 5.41) is 8.84. The second-order valence-corrected chi connectivity index (χ2v) is 3.71. The lowest BCUT2D eigenvalue weighted by Gasteiger charge is -2.05. The number of aliphatic hydroxyl groups excluding tert-OH is 1. The lowest BCUT2D eigenvalue weighted by Crippen LogP contribution is -2.09. The second kappa shape index (κ2) is 5.53. The van der Waals surface area contributed by atoms with E-state index in [1.807, 2.05) is 0 Å². The molecule has 2 rings (SSSR count). The van der Waals surface area contributed by atoms with Gasteiger partial charge in [0.05, 0.1) is 5.56 Å². The van der Waals surface area contributed by atoms with E-state index in [0.29, 0.717) is 11.4 Å². The molecule has 0 saturated heterocycles. The molecule has 0 aliphatic carbocycles. The van der Waals surface area contributed by atoms with Gasteiger partial charge < -0.3 is 9.84 Å². The molecule has 0 amide bonds. The number of aliphatic hydroxyl groups is 1. The van der Waals surface area contributed by atoms with Crippen molar-refractivity contribution in [3.8, 4) is 11.4 Å². The van der Waals surface area contributed by atoms with Gasteiger partial charge in [0, 0.05) is 24.9 Å². The predicted molar refractivity (Wildman–Crippen MR) is 63.7 cm³/mol. The van der Waals surface area contributed by atoms with Crippen molar-refractivity contribution in [1.29, 1.82) is 0 Å². The average molecular weight is 261 g/mol. The zero-order chi connectivity index (χ0) is 13.8. The van der Waals surface area contributed by atoms with Crippen LogP contribution in [0.25, 0.3) is 11.4 Å². The Hall–Kier alpha value is -2.34. The van der Waals surface area contributed by atoms with Crippen LogP contribution in [0.1, 0.15) is 17.3 Å². The first-order valence-electron chi connectivity index (χ1n) is 5.39. The molecule has 1 heterocycles. The largest absolute Gasteiger partial charge is 0.423 e. The summed E-state index contributed by atoms with van der Waals surface area (Å²) in [5.41, 5.74) is 0.596. The number of carbonyl (C=O) groups excluding carboxylic acids is 1. The fraction of sp³-hybridized carbons (Fsp3) is 0.0769. The van der Waals surface area contributed by atoms with Gasteiger partial charge in [0.2, 0.25) is 0 Å². The number of hydrogen-bond acceptors (Lipinski definition) is 5. The van der Waals surface area contributed by atoms with Gasteiger partial charge in [-0.25, -0.2) is 19.2 Å². The average Bonchev–Trinajstić information content (AvgIpc) is 2.38. The maximum absolute atomic E-state index is 13.0. The van der Waals surface area contributed by atoms with E-state index in [2.05, 4.69) is 14.7 Å². The number of nitrogens with zero attached hydrogens (tertiary/aromatic N) is 2. The van der Waals surface area contributed by atoms with Gasteiger partial charge in [0.15, 0.2) is 5.82 Å². The first-order chi connectivity index (χ1) is 9.06.